The molecule has 1 aromatic carbocycles. The van der Waals surface area contributed by atoms with Crippen LogP contribution in [-0.2, 0) is 14.3 Å². The van der Waals surface area contributed by atoms with Gasteiger partial charge in [-0.1, -0.05) is 31.5 Å². The van der Waals surface area contributed by atoms with E-state index in [1.54, 1.807) is 0 Å². The van der Waals surface area contributed by atoms with E-state index in [0.29, 0.717) is 6.42 Å². The first kappa shape index (κ1) is 18.3. The summed E-state index contributed by atoms with van der Waals surface area (Å²) in [7, 11) is 0. The summed E-state index contributed by atoms with van der Waals surface area (Å²) in [6.45, 7) is 7.47. The molecule has 0 saturated heterocycles. The molecule has 5 heteroatoms. The van der Waals surface area contributed by atoms with Gasteiger partial charge in [0, 0.05) is 5.69 Å². The zero-order valence-corrected chi connectivity index (χ0v) is 15.0. The first-order chi connectivity index (χ1) is 11.3. The highest BCUT2D eigenvalue weighted by Gasteiger charge is 2.50. The second-order valence-corrected chi connectivity index (χ2v) is 7.42. The van der Waals surface area contributed by atoms with Crippen molar-refractivity contribution < 1.29 is 14.3 Å². The molecule has 0 bridgehead atoms. The molecule has 2 N–H and O–H groups in total. The second-order valence-electron chi connectivity index (χ2n) is 7.42. The Hall–Kier alpha value is -2.04. The van der Waals surface area contributed by atoms with Gasteiger partial charge in [0.25, 0.3) is 0 Å². The van der Waals surface area contributed by atoms with E-state index < -0.39 is 17.2 Å². The summed E-state index contributed by atoms with van der Waals surface area (Å²) >= 11 is 0. The Morgan fingerprint density at radius 2 is 1.83 bits per heavy atom. The van der Waals surface area contributed by atoms with Gasteiger partial charge in [0.15, 0.2) is 0 Å². The van der Waals surface area contributed by atoms with Crippen molar-refractivity contribution >= 4 is 17.6 Å². The fraction of sp³-hybridized carbons (Fsp3) is 0.579. The molecule has 0 unspecified atom stereocenters. The molecule has 1 aromatic rings. The summed E-state index contributed by atoms with van der Waals surface area (Å²) in [4.78, 5) is 25.0. The summed E-state index contributed by atoms with van der Waals surface area (Å²) in [6, 6.07) is 9.06. The Balaban J connectivity index is 2.01. The fourth-order valence-electron chi connectivity index (χ4n) is 2.54. The average molecular weight is 332 g/mol. The van der Waals surface area contributed by atoms with E-state index in [1.165, 1.54) is 0 Å². The summed E-state index contributed by atoms with van der Waals surface area (Å²) in [5.74, 6) is -0.496. The minimum atomic E-state index is -0.602. The van der Waals surface area contributed by atoms with E-state index in [0.717, 1.165) is 24.9 Å². The van der Waals surface area contributed by atoms with Gasteiger partial charge in [-0.25, -0.2) is 4.79 Å². The molecular formula is C19H28N2O3. The molecule has 0 heterocycles. The summed E-state index contributed by atoms with van der Waals surface area (Å²) in [5.41, 5.74) is -0.252. The van der Waals surface area contributed by atoms with Crippen molar-refractivity contribution in [3.8, 4) is 0 Å². The van der Waals surface area contributed by atoms with Crippen LogP contribution >= 0.6 is 0 Å². The number of amides is 1. The Kier molecular flexibility index (Phi) is 5.52. The van der Waals surface area contributed by atoms with Gasteiger partial charge in [-0.15, -0.1) is 0 Å². The predicted octanol–water partition coefficient (Wildman–Crippen LogP) is 3.26. The normalized spacial score (nSPS) is 16.8. The molecule has 1 amide bonds. The SMILES string of the molecule is CCC[C@@H](NC(=O)C1(Nc2ccccc2)CC1)C(=O)OC(C)(C)C. The maximum absolute atomic E-state index is 12.7. The van der Waals surface area contributed by atoms with Crippen molar-refractivity contribution in [2.75, 3.05) is 5.32 Å². The highest BCUT2D eigenvalue weighted by Crippen LogP contribution is 2.39. The number of anilines is 1. The van der Waals surface area contributed by atoms with Crippen molar-refractivity contribution in [1.82, 2.24) is 5.32 Å². The number of benzene rings is 1. The van der Waals surface area contributed by atoms with Gasteiger partial charge < -0.3 is 15.4 Å². The lowest BCUT2D eigenvalue weighted by Crippen LogP contribution is -2.50. The number of ether oxygens (including phenoxy) is 1. The molecule has 0 aliphatic heterocycles. The van der Waals surface area contributed by atoms with E-state index in [1.807, 2.05) is 58.0 Å². The molecule has 0 spiro atoms. The van der Waals surface area contributed by atoms with E-state index in [2.05, 4.69) is 10.6 Å². The first-order valence-corrected chi connectivity index (χ1v) is 8.63. The maximum Gasteiger partial charge on any atom is 0.329 e. The predicted molar refractivity (Wildman–Crippen MR) is 94.7 cm³/mol. The van der Waals surface area contributed by atoms with Crippen LogP contribution < -0.4 is 10.6 Å². The highest BCUT2D eigenvalue weighted by atomic mass is 16.6. The number of nitrogens with one attached hydrogen (secondary N) is 2. The third kappa shape index (κ3) is 4.98. The largest absolute Gasteiger partial charge is 0.458 e. The van der Waals surface area contributed by atoms with E-state index in [4.69, 9.17) is 4.74 Å². The third-order valence-corrected chi connectivity index (χ3v) is 3.92. The average Bonchev–Trinajstić information content (AvgIpc) is 3.27. The van der Waals surface area contributed by atoms with Crippen LogP contribution in [0.3, 0.4) is 0 Å². The maximum atomic E-state index is 12.7. The number of rotatable bonds is 7. The second kappa shape index (κ2) is 7.24. The zero-order valence-electron chi connectivity index (χ0n) is 15.0. The van der Waals surface area contributed by atoms with Crippen molar-refractivity contribution in [2.45, 2.75) is 70.6 Å². The first-order valence-electron chi connectivity index (χ1n) is 8.63. The Morgan fingerprint density at radius 1 is 1.21 bits per heavy atom. The number of esters is 1. The molecule has 1 atom stereocenters. The molecule has 1 aliphatic rings. The molecular weight excluding hydrogens is 304 g/mol. The van der Waals surface area contributed by atoms with E-state index in [9.17, 15) is 9.59 Å². The number of carbonyl (C=O) groups is 2. The molecule has 0 radical (unpaired) electrons. The topological polar surface area (TPSA) is 67.4 Å². The van der Waals surface area contributed by atoms with Crippen molar-refractivity contribution in [2.24, 2.45) is 0 Å². The van der Waals surface area contributed by atoms with Crippen molar-refractivity contribution in [3.63, 3.8) is 0 Å². The van der Waals surface area contributed by atoms with E-state index >= 15 is 0 Å². The monoisotopic (exact) mass is 332 g/mol. The van der Waals surface area contributed by atoms with Crippen LogP contribution in [0, 0.1) is 0 Å². The lowest BCUT2D eigenvalue weighted by molar-refractivity contribution is -0.159. The van der Waals surface area contributed by atoms with E-state index in [-0.39, 0.29) is 11.9 Å². The van der Waals surface area contributed by atoms with Crippen LogP contribution in [0.15, 0.2) is 30.3 Å². The Bertz CT molecular complexity index is 574. The van der Waals surface area contributed by atoms with Gasteiger partial charge >= 0.3 is 5.97 Å². The van der Waals surface area contributed by atoms with Crippen molar-refractivity contribution in [3.05, 3.63) is 30.3 Å². The van der Waals surface area contributed by atoms with Gasteiger partial charge in [-0.2, -0.15) is 0 Å². The zero-order chi connectivity index (χ0) is 17.8. The lowest BCUT2D eigenvalue weighted by atomic mass is 10.1. The number of hydrogen-bond acceptors (Lipinski definition) is 4. The van der Waals surface area contributed by atoms with Gasteiger partial charge in [0.1, 0.15) is 17.2 Å². The highest BCUT2D eigenvalue weighted by molar-refractivity contribution is 5.95. The number of para-hydroxylation sites is 1. The molecule has 24 heavy (non-hydrogen) atoms. The Morgan fingerprint density at radius 3 is 2.33 bits per heavy atom. The number of carbonyl (C=O) groups excluding carboxylic acids is 2. The van der Waals surface area contributed by atoms with Gasteiger partial charge in [-0.05, 0) is 52.2 Å². The minimum Gasteiger partial charge on any atom is -0.458 e. The van der Waals surface area contributed by atoms with Gasteiger partial charge in [0.2, 0.25) is 5.91 Å². The summed E-state index contributed by atoms with van der Waals surface area (Å²) in [5, 5.41) is 6.19. The minimum absolute atomic E-state index is 0.129. The Labute approximate surface area is 144 Å². The molecule has 1 aliphatic carbocycles. The standard InChI is InChI=1S/C19H28N2O3/c1-5-9-15(16(22)24-18(2,3)4)20-17(23)19(12-13-19)21-14-10-7-6-8-11-14/h6-8,10-11,15,21H,5,9,12-13H2,1-4H3,(H,20,23)/t15-/m1/s1. The lowest BCUT2D eigenvalue weighted by Gasteiger charge is -2.26. The smallest absolute Gasteiger partial charge is 0.329 e. The van der Waals surface area contributed by atoms with Crippen LogP contribution in [0.2, 0.25) is 0 Å². The fourth-order valence-corrected chi connectivity index (χ4v) is 2.54. The van der Waals surface area contributed by atoms with Gasteiger partial charge in [0.05, 0.1) is 0 Å². The molecule has 1 fully saturated rings. The number of hydrogen-bond donors (Lipinski definition) is 2. The third-order valence-electron chi connectivity index (χ3n) is 3.92. The van der Waals surface area contributed by atoms with Crippen molar-refractivity contribution in [1.29, 1.82) is 0 Å². The quantitative estimate of drug-likeness (QED) is 0.752. The molecule has 1 saturated carbocycles. The van der Waals surface area contributed by atoms with Gasteiger partial charge in [-0.3, -0.25) is 4.79 Å². The van der Waals surface area contributed by atoms with Crippen LogP contribution in [-0.4, -0.2) is 29.1 Å². The molecule has 132 valence electrons. The summed E-state index contributed by atoms with van der Waals surface area (Å²) in [6.07, 6.45) is 2.90. The molecule has 5 nitrogen and oxygen atoms in total. The summed E-state index contributed by atoms with van der Waals surface area (Å²) < 4.78 is 5.43. The van der Waals surface area contributed by atoms with Crippen LogP contribution in [0.25, 0.3) is 0 Å². The van der Waals surface area contributed by atoms with Crippen LogP contribution in [0.5, 0.6) is 0 Å². The van der Waals surface area contributed by atoms with Crippen LogP contribution in [0.4, 0.5) is 5.69 Å². The molecule has 0 aromatic heterocycles. The van der Waals surface area contributed by atoms with Crippen LogP contribution in [0.1, 0.15) is 53.4 Å². The molecule has 2 rings (SSSR count).